The predicted molar refractivity (Wildman–Crippen MR) is 70.7 cm³/mol. The van der Waals surface area contributed by atoms with Crippen LogP contribution in [0.1, 0.15) is 25.5 Å². The van der Waals surface area contributed by atoms with Crippen LogP contribution in [-0.2, 0) is 4.74 Å². The molecule has 1 aromatic carbocycles. The van der Waals surface area contributed by atoms with E-state index >= 15 is 0 Å². The Kier molecular flexibility index (Phi) is 4.12. The van der Waals surface area contributed by atoms with Gasteiger partial charge in [0.25, 0.3) is 0 Å². The standard InChI is InChI=1S/C14H16F3NO4/c1-13(2)7-21-12(19)18-11(13)9-5-4-8(6-10(9)20-3)22-14(15,16)17/h4-6,11H,7H2,1-3H3,(H,18,19)/t11-/m0/s1. The molecule has 1 amide bonds. The van der Waals surface area contributed by atoms with E-state index in [-0.39, 0.29) is 18.1 Å². The van der Waals surface area contributed by atoms with Gasteiger partial charge in [0.2, 0.25) is 0 Å². The fraction of sp³-hybridized carbons (Fsp3) is 0.500. The van der Waals surface area contributed by atoms with E-state index in [0.29, 0.717) is 5.56 Å². The van der Waals surface area contributed by atoms with E-state index in [4.69, 9.17) is 9.47 Å². The molecule has 1 heterocycles. The molecule has 5 nitrogen and oxygen atoms in total. The first-order valence-electron chi connectivity index (χ1n) is 6.49. The molecule has 22 heavy (non-hydrogen) atoms. The number of halogens is 3. The highest BCUT2D eigenvalue weighted by atomic mass is 19.4. The summed E-state index contributed by atoms with van der Waals surface area (Å²) in [6.07, 6.45) is -5.36. The van der Waals surface area contributed by atoms with Crippen LogP contribution in [0.25, 0.3) is 0 Å². The summed E-state index contributed by atoms with van der Waals surface area (Å²) in [7, 11) is 1.34. The molecule has 1 aromatic rings. The Bertz CT molecular complexity index is 572. The number of hydrogen-bond donors (Lipinski definition) is 1. The Hall–Kier alpha value is -2.12. The number of cyclic esters (lactones) is 1. The largest absolute Gasteiger partial charge is 0.573 e. The lowest BCUT2D eigenvalue weighted by atomic mass is 9.80. The number of alkyl halides is 3. The number of carbonyl (C=O) groups is 1. The Balaban J connectivity index is 2.36. The number of nitrogens with one attached hydrogen (secondary N) is 1. The molecule has 0 aromatic heterocycles. The third kappa shape index (κ3) is 3.55. The van der Waals surface area contributed by atoms with Crippen LogP contribution in [0.15, 0.2) is 18.2 Å². The first kappa shape index (κ1) is 16.3. The summed E-state index contributed by atoms with van der Waals surface area (Å²) in [5, 5.41) is 2.66. The van der Waals surface area contributed by atoms with Crippen molar-refractivity contribution in [1.29, 1.82) is 0 Å². The summed E-state index contributed by atoms with van der Waals surface area (Å²) in [4.78, 5) is 11.4. The van der Waals surface area contributed by atoms with E-state index in [1.165, 1.54) is 19.2 Å². The van der Waals surface area contributed by atoms with Crippen LogP contribution in [0, 0.1) is 5.41 Å². The first-order valence-corrected chi connectivity index (χ1v) is 6.49. The van der Waals surface area contributed by atoms with Gasteiger partial charge in [0.05, 0.1) is 13.2 Å². The highest BCUT2D eigenvalue weighted by Crippen LogP contribution is 2.41. The molecule has 2 rings (SSSR count). The average molecular weight is 319 g/mol. The maximum Gasteiger partial charge on any atom is 0.573 e. The molecule has 1 N–H and O–H groups in total. The Morgan fingerprint density at radius 2 is 2.05 bits per heavy atom. The number of benzene rings is 1. The molecule has 0 saturated carbocycles. The monoisotopic (exact) mass is 319 g/mol. The summed E-state index contributed by atoms with van der Waals surface area (Å²) in [6.45, 7) is 3.93. The van der Waals surface area contributed by atoms with Crippen molar-refractivity contribution in [3.63, 3.8) is 0 Å². The number of hydrogen-bond acceptors (Lipinski definition) is 4. The molecule has 0 spiro atoms. The fourth-order valence-corrected chi connectivity index (χ4v) is 2.32. The third-order valence-electron chi connectivity index (χ3n) is 3.37. The van der Waals surface area contributed by atoms with Crippen molar-refractivity contribution in [2.24, 2.45) is 5.41 Å². The van der Waals surface area contributed by atoms with Gasteiger partial charge in [0.15, 0.2) is 0 Å². The van der Waals surface area contributed by atoms with Gasteiger partial charge in [0.1, 0.15) is 18.1 Å². The van der Waals surface area contributed by atoms with Crippen molar-refractivity contribution < 1.29 is 32.2 Å². The molecule has 1 fully saturated rings. The van der Waals surface area contributed by atoms with Crippen LogP contribution < -0.4 is 14.8 Å². The van der Waals surface area contributed by atoms with Crippen molar-refractivity contribution in [2.45, 2.75) is 26.3 Å². The van der Waals surface area contributed by atoms with Gasteiger partial charge in [-0.25, -0.2) is 4.79 Å². The number of ether oxygens (including phenoxy) is 3. The predicted octanol–water partition coefficient (Wildman–Crippen LogP) is 3.40. The van der Waals surface area contributed by atoms with Crippen LogP contribution in [0.2, 0.25) is 0 Å². The number of alkyl carbamates (subject to hydrolysis) is 1. The molecule has 1 aliphatic heterocycles. The molecule has 0 bridgehead atoms. The van der Waals surface area contributed by atoms with E-state index in [9.17, 15) is 18.0 Å². The number of rotatable bonds is 3. The highest BCUT2D eigenvalue weighted by molar-refractivity contribution is 5.69. The summed E-state index contributed by atoms with van der Waals surface area (Å²) < 4.78 is 50.8. The van der Waals surface area contributed by atoms with Gasteiger partial charge in [-0.15, -0.1) is 13.2 Å². The normalized spacial score (nSPS) is 20.8. The Labute approximate surface area is 125 Å². The maximum absolute atomic E-state index is 12.3. The molecule has 1 atom stereocenters. The maximum atomic E-state index is 12.3. The average Bonchev–Trinajstić information content (AvgIpc) is 2.40. The lowest BCUT2D eigenvalue weighted by Crippen LogP contribution is -2.47. The van der Waals surface area contributed by atoms with E-state index < -0.39 is 23.9 Å². The SMILES string of the molecule is COc1cc(OC(F)(F)F)ccc1[C@@H]1NC(=O)OCC1(C)C. The van der Waals surface area contributed by atoms with Crippen molar-refractivity contribution in [3.8, 4) is 11.5 Å². The molecule has 1 saturated heterocycles. The van der Waals surface area contributed by atoms with Crippen molar-refractivity contribution >= 4 is 6.09 Å². The lowest BCUT2D eigenvalue weighted by molar-refractivity contribution is -0.274. The molecule has 0 radical (unpaired) electrons. The second-order valence-corrected chi connectivity index (χ2v) is 5.59. The van der Waals surface area contributed by atoms with Crippen LogP contribution in [0.3, 0.4) is 0 Å². The summed E-state index contributed by atoms with van der Waals surface area (Å²) in [6, 6.07) is 3.31. The molecule has 122 valence electrons. The quantitative estimate of drug-likeness (QED) is 0.928. The van der Waals surface area contributed by atoms with Gasteiger partial charge < -0.3 is 19.5 Å². The minimum absolute atomic E-state index is 0.188. The molecular weight excluding hydrogens is 303 g/mol. The van der Waals surface area contributed by atoms with Crippen LogP contribution in [0.5, 0.6) is 11.5 Å². The van der Waals surface area contributed by atoms with E-state index in [2.05, 4.69) is 10.1 Å². The first-order chi connectivity index (χ1) is 10.1. The molecule has 8 heteroatoms. The van der Waals surface area contributed by atoms with Crippen molar-refractivity contribution in [1.82, 2.24) is 5.32 Å². The topological polar surface area (TPSA) is 56.8 Å². The van der Waals surface area contributed by atoms with Gasteiger partial charge in [-0.3, -0.25) is 0 Å². The second-order valence-electron chi connectivity index (χ2n) is 5.59. The molecule has 0 unspecified atom stereocenters. The van der Waals surface area contributed by atoms with Crippen molar-refractivity contribution in [3.05, 3.63) is 23.8 Å². The van der Waals surface area contributed by atoms with Gasteiger partial charge in [-0.05, 0) is 12.1 Å². The summed E-state index contributed by atoms with van der Waals surface area (Å²) in [5.74, 6) is -0.189. The number of carbonyl (C=O) groups excluding carboxylic acids is 1. The Morgan fingerprint density at radius 3 is 2.64 bits per heavy atom. The zero-order valence-electron chi connectivity index (χ0n) is 12.3. The van der Waals surface area contributed by atoms with E-state index in [1.54, 1.807) is 0 Å². The number of methoxy groups -OCH3 is 1. The van der Waals surface area contributed by atoms with Crippen LogP contribution in [-0.4, -0.2) is 26.2 Å². The van der Waals surface area contributed by atoms with Crippen LogP contribution in [0.4, 0.5) is 18.0 Å². The summed E-state index contributed by atoms with van der Waals surface area (Å²) in [5.41, 5.74) is 0.104. The van der Waals surface area contributed by atoms with Gasteiger partial charge in [-0.2, -0.15) is 0 Å². The third-order valence-corrected chi connectivity index (χ3v) is 3.37. The lowest BCUT2D eigenvalue weighted by Gasteiger charge is -2.39. The van der Waals surface area contributed by atoms with E-state index in [0.717, 1.165) is 6.07 Å². The fourth-order valence-electron chi connectivity index (χ4n) is 2.32. The smallest absolute Gasteiger partial charge is 0.496 e. The van der Waals surface area contributed by atoms with E-state index in [1.807, 2.05) is 13.8 Å². The van der Waals surface area contributed by atoms with Crippen LogP contribution >= 0.6 is 0 Å². The minimum atomic E-state index is -4.78. The van der Waals surface area contributed by atoms with Gasteiger partial charge in [0, 0.05) is 17.0 Å². The molecular formula is C14H16F3NO4. The zero-order valence-corrected chi connectivity index (χ0v) is 12.3. The van der Waals surface area contributed by atoms with Gasteiger partial charge in [-0.1, -0.05) is 13.8 Å². The molecule has 1 aliphatic rings. The second kappa shape index (κ2) is 5.58. The molecule has 0 aliphatic carbocycles. The van der Waals surface area contributed by atoms with Crippen molar-refractivity contribution in [2.75, 3.05) is 13.7 Å². The highest BCUT2D eigenvalue weighted by Gasteiger charge is 2.39. The number of amides is 1. The minimum Gasteiger partial charge on any atom is -0.496 e. The summed E-state index contributed by atoms with van der Waals surface area (Å²) >= 11 is 0. The van der Waals surface area contributed by atoms with Gasteiger partial charge >= 0.3 is 12.5 Å². The zero-order chi connectivity index (χ0) is 16.5. The Morgan fingerprint density at radius 1 is 1.36 bits per heavy atom.